The van der Waals surface area contributed by atoms with Gasteiger partial charge in [0.25, 0.3) is 0 Å². The molecule has 0 aliphatic carbocycles. The zero-order valence-electron chi connectivity index (χ0n) is 10.7. The van der Waals surface area contributed by atoms with E-state index in [1.165, 1.54) is 0 Å². The summed E-state index contributed by atoms with van der Waals surface area (Å²) in [6, 6.07) is 1.16. The first-order valence-corrected chi connectivity index (χ1v) is 6.36. The molecule has 0 radical (unpaired) electrons. The van der Waals surface area contributed by atoms with E-state index in [9.17, 15) is 18.0 Å². The number of rotatable bonds is 3. The average molecular weight is 338 g/mol. The Bertz CT molecular complexity index is 655. The summed E-state index contributed by atoms with van der Waals surface area (Å²) >= 11 is 1.05. The largest absolute Gasteiger partial charge is 0.322 e. The van der Waals surface area contributed by atoms with Crippen molar-refractivity contribution in [3.63, 3.8) is 0 Å². The van der Waals surface area contributed by atoms with Crippen LogP contribution in [0.4, 0.5) is 18.3 Å². The van der Waals surface area contributed by atoms with Gasteiger partial charge in [0.2, 0.25) is 5.91 Å². The Balaban J connectivity index is 0.00000220. The van der Waals surface area contributed by atoms with Crippen LogP contribution in [-0.2, 0) is 4.79 Å². The van der Waals surface area contributed by atoms with Gasteiger partial charge in [-0.3, -0.25) is 4.79 Å². The Morgan fingerprint density at radius 3 is 2.43 bits per heavy atom. The molecule has 0 saturated heterocycles. The molecule has 4 nitrogen and oxygen atoms in total. The molecule has 1 heterocycles. The molecule has 0 spiro atoms. The summed E-state index contributed by atoms with van der Waals surface area (Å²) in [6.07, 6.45) is 0. The summed E-state index contributed by atoms with van der Waals surface area (Å²) in [4.78, 5) is 15.6. The lowest BCUT2D eigenvalue weighted by Gasteiger charge is -2.03. The molecule has 1 amide bonds. The second-order valence-corrected chi connectivity index (χ2v) is 5.12. The lowest BCUT2D eigenvalue weighted by Crippen LogP contribution is -2.21. The third-order valence-electron chi connectivity index (χ3n) is 2.47. The monoisotopic (exact) mass is 337 g/mol. The van der Waals surface area contributed by atoms with Crippen molar-refractivity contribution in [1.82, 2.24) is 4.98 Å². The lowest BCUT2D eigenvalue weighted by molar-refractivity contribution is -0.114. The third-order valence-corrected chi connectivity index (χ3v) is 3.36. The van der Waals surface area contributed by atoms with E-state index >= 15 is 0 Å². The van der Waals surface area contributed by atoms with E-state index in [1.807, 2.05) is 0 Å². The van der Waals surface area contributed by atoms with Gasteiger partial charge in [0, 0.05) is 17.0 Å². The summed E-state index contributed by atoms with van der Waals surface area (Å²) in [7, 11) is 0. The number of benzene rings is 1. The Kier molecular flexibility index (Phi) is 5.70. The number of carbonyl (C=O) groups is 1. The highest BCUT2D eigenvalue weighted by Gasteiger charge is 2.19. The zero-order valence-corrected chi connectivity index (χ0v) is 12.4. The number of nitrogens with one attached hydrogen (secondary N) is 1. The predicted octanol–water partition coefficient (Wildman–Crippen LogP) is 2.85. The van der Waals surface area contributed by atoms with Crippen LogP contribution in [0.25, 0.3) is 11.3 Å². The van der Waals surface area contributed by atoms with Crippen molar-refractivity contribution < 1.29 is 18.0 Å². The molecular weight excluding hydrogens is 327 g/mol. The van der Waals surface area contributed by atoms with Gasteiger partial charge in [-0.05, 0) is 6.92 Å². The summed E-state index contributed by atoms with van der Waals surface area (Å²) in [5.41, 5.74) is 4.75. The maximum Gasteiger partial charge on any atom is 0.239 e. The zero-order chi connectivity index (χ0) is 14.9. The molecule has 0 atom stereocenters. The highest BCUT2D eigenvalue weighted by molar-refractivity contribution is 7.16. The number of hydrogen-bond acceptors (Lipinski definition) is 4. The van der Waals surface area contributed by atoms with Gasteiger partial charge in [-0.15, -0.1) is 23.7 Å². The van der Waals surface area contributed by atoms with Gasteiger partial charge >= 0.3 is 0 Å². The molecule has 21 heavy (non-hydrogen) atoms. The molecule has 114 valence electrons. The van der Waals surface area contributed by atoms with Crippen LogP contribution >= 0.6 is 23.7 Å². The highest BCUT2D eigenvalue weighted by atomic mass is 35.5. The van der Waals surface area contributed by atoms with Gasteiger partial charge in [-0.1, -0.05) is 0 Å². The van der Waals surface area contributed by atoms with Gasteiger partial charge in [0.1, 0.15) is 17.5 Å². The molecule has 2 rings (SSSR count). The number of carbonyl (C=O) groups excluding carboxylic acids is 1. The number of thiazole rings is 1. The van der Waals surface area contributed by atoms with Crippen molar-refractivity contribution in [2.45, 2.75) is 6.92 Å². The lowest BCUT2D eigenvalue weighted by atomic mass is 10.1. The average Bonchev–Trinajstić information content (AvgIpc) is 2.69. The second kappa shape index (κ2) is 6.88. The van der Waals surface area contributed by atoms with E-state index in [-0.39, 0.29) is 29.8 Å². The Hall–Kier alpha value is -1.64. The molecular formula is C12H11ClF3N3OS. The van der Waals surface area contributed by atoms with Gasteiger partial charge < -0.3 is 11.1 Å². The fourth-order valence-electron chi connectivity index (χ4n) is 1.62. The van der Waals surface area contributed by atoms with Crippen molar-refractivity contribution in [3.05, 3.63) is 34.5 Å². The maximum absolute atomic E-state index is 13.7. The van der Waals surface area contributed by atoms with Crippen LogP contribution in [0.15, 0.2) is 12.1 Å². The summed E-state index contributed by atoms with van der Waals surface area (Å²) in [6.45, 7) is 1.36. The second-order valence-electron chi connectivity index (χ2n) is 3.92. The van der Waals surface area contributed by atoms with Crippen LogP contribution in [0.2, 0.25) is 0 Å². The molecule has 1 aromatic heterocycles. The Labute approximate surface area is 128 Å². The van der Waals surface area contributed by atoms with Gasteiger partial charge in [0.05, 0.1) is 17.8 Å². The molecule has 2 aromatic rings. The number of hydrogen-bond donors (Lipinski definition) is 2. The fraction of sp³-hybridized carbons (Fsp3) is 0.167. The van der Waals surface area contributed by atoms with E-state index in [0.717, 1.165) is 11.3 Å². The summed E-state index contributed by atoms with van der Waals surface area (Å²) in [5.74, 6) is -3.57. The molecule has 1 aromatic carbocycles. The Morgan fingerprint density at radius 1 is 1.33 bits per heavy atom. The van der Waals surface area contributed by atoms with Crippen LogP contribution in [0.5, 0.6) is 0 Å². The molecule has 9 heteroatoms. The van der Waals surface area contributed by atoms with Crippen LogP contribution in [-0.4, -0.2) is 17.4 Å². The van der Waals surface area contributed by atoms with Crippen LogP contribution in [0.3, 0.4) is 0 Å². The fourth-order valence-corrected chi connectivity index (χ4v) is 2.46. The standard InChI is InChI=1S/C12H10F3N3OS.ClH/c1-5-11(18-12(20-5)17-9(19)4-16)10-7(14)2-6(13)3-8(10)15;/h2-3H,4,16H2,1H3,(H,17,18,19);1H. The number of aromatic nitrogens is 1. The smallest absolute Gasteiger partial charge is 0.239 e. The van der Waals surface area contributed by atoms with E-state index < -0.39 is 28.9 Å². The van der Waals surface area contributed by atoms with Crippen molar-refractivity contribution in [1.29, 1.82) is 0 Å². The van der Waals surface area contributed by atoms with E-state index in [1.54, 1.807) is 6.92 Å². The van der Waals surface area contributed by atoms with Crippen molar-refractivity contribution in [2.75, 3.05) is 11.9 Å². The minimum atomic E-state index is -1.05. The number of halogens is 4. The molecule has 0 aliphatic heterocycles. The number of nitrogens with two attached hydrogens (primary N) is 1. The van der Waals surface area contributed by atoms with Crippen molar-refractivity contribution in [2.24, 2.45) is 5.73 Å². The minimum absolute atomic E-state index is 0. The first-order chi connectivity index (χ1) is 9.42. The maximum atomic E-state index is 13.7. The Morgan fingerprint density at radius 2 is 1.90 bits per heavy atom. The summed E-state index contributed by atoms with van der Waals surface area (Å²) < 4.78 is 40.3. The predicted molar refractivity (Wildman–Crippen MR) is 77.1 cm³/mol. The third kappa shape index (κ3) is 3.72. The highest BCUT2D eigenvalue weighted by Crippen LogP contribution is 2.33. The van der Waals surface area contributed by atoms with Gasteiger partial charge in [-0.2, -0.15) is 0 Å². The van der Waals surface area contributed by atoms with Gasteiger partial charge in [-0.25, -0.2) is 18.2 Å². The topological polar surface area (TPSA) is 68.0 Å². The van der Waals surface area contributed by atoms with E-state index in [2.05, 4.69) is 10.3 Å². The number of amides is 1. The van der Waals surface area contributed by atoms with E-state index in [4.69, 9.17) is 5.73 Å². The molecule has 3 N–H and O–H groups in total. The van der Waals surface area contributed by atoms with Crippen LogP contribution in [0, 0.1) is 24.4 Å². The van der Waals surface area contributed by atoms with Crippen molar-refractivity contribution >= 4 is 34.8 Å². The molecule has 0 fully saturated rings. The summed E-state index contributed by atoms with van der Waals surface area (Å²) in [5, 5.41) is 2.57. The van der Waals surface area contributed by atoms with Crippen LogP contribution in [0.1, 0.15) is 4.88 Å². The number of nitrogens with zero attached hydrogens (tertiary/aromatic N) is 1. The normalized spacial score (nSPS) is 10.1. The molecule has 0 bridgehead atoms. The molecule has 0 aliphatic rings. The minimum Gasteiger partial charge on any atom is -0.322 e. The van der Waals surface area contributed by atoms with Crippen molar-refractivity contribution in [3.8, 4) is 11.3 Å². The first-order valence-electron chi connectivity index (χ1n) is 5.54. The molecule has 0 saturated carbocycles. The van der Waals surface area contributed by atoms with Crippen LogP contribution < -0.4 is 11.1 Å². The van der Waals surface area contributed by atoms with E-state index in [0.29, 0.717) is 17.0 Å². The number of anilines is 1. The quantitative estimate of drug-likeness (QED) is 0.905. The first kappa shape index (κ1) is 17.4. The van der Waals surface area contributed by atoms with Gasteiger partial charge in [0.15, 0.2) is 5.13 Å². The number of aryl methyl sites for hydroxylation is 1. The SMILES string of the molecule is Cc1sc(NC(=O)CN)nc1-c1c(F)cc(F)cc1F.Cl. The molecule has 0 unspecified atom stereocenters.